The maximum Gasteiger partial charge on any atom is 0.165 e. The van der Waals surface area contributed by atoms with Crippen molar-refractivity contribution in [1.29, 1.82) is 0 Å². The summed E-state index contributed by atoms with van der Waals surface area (Å²) in [5, 5.41) is 3.19. The molecule has 0 fully saturated rings. The van der Waals surface area contributed by atoms with Crippen LogP contribution in [0.3, 0.4) is 0 Å². The molecule has 0 heterocycles. The second-order valence-electron chi connectivity index (χ2n) is 4.89. The van der Waals surface area contributed by atoms with Gasteiger partial charge in [0.2, 0.25) is 0 Å². The molecule has 0 aromatic heterocycles. The van der Waals surface area contributed by atoms with Crippen LogP contribution in [0.15, 0.2) is 18.2 Å². The highest BCUT2D eigenvalue weighted by molar-refractivity contribution is 7.91. The highest BCUT2D eigenvalue weighted by Gasteiger charge is 2.10. The molecule has 1 aromatic rings. The third kappa shape index (κ3) is 5.88. The van der Waals surface area contributed by atoms with Gasteiger partial charge in [0, 0.05) is 18.3 Å². The zero-order valence-electron chi connectivity index (χ0n) is 12.1. The largest absolute Gasteiger partial charge is 0.489 e. The monoisotopic (exact) mass is 303 g/mol. The Labute approximate surface area is 120 Å². The van der Waals surface area contributed by atoms with Gasteiger partial charge in [-0.25, -0.2) is 12.8 Å². The summed E-state index contributed by atoms with van der Waals surface area (Å²) in [5.41, 5.74) is 0.824. The van der Waals surface area contributed by atoms with Gasteiger partial charge >= 0.3 is 0 Å². The van der Waals surface area contributed by atoms with Crippen LogP contribution >= 0.6 is 0 Å². The van der Waals surface area contributed by atoms with Crippen LogP contribution in [-0.2, 0) is 16.4 Å². The Morgan fingerprint density at radius 1 is 1.35 bits per heavy atom. The molecule has 0 aliphatic rings. The number of rotatable bonds is 8. The van der Waals surface area contributed by atoms with Crippen LogP contribution < -0.4 is 10.1 Å². The fourth-order valence-electron chi connectivity index (χ4n) is 1.52. The maximum atomic E-state index is 13.8. The zero-order chi connectivity index (χ0) is 15.2. The molecular formula is C14H22FNO3S. The van der Waals surface area contributed by atoms with Gasteiger partial charge in [-0.1, -0.05) is 26.8 Å². The van der Waals surface area contributed by atoms with Crippen molar-refractivity contribution in [2.75, 3.05) is 18.1 Å². The highest BCUT2D eigenvalue weighted by atomic mass is 32.2. The molecular weight excluding hydrogens is 281 g/mol. The average molecular weight is 303 g/mol. The minimum atomic E-state index is -3.09. The van der Waals surface area contributed by atoms with Crippen molar-refractivity contribution < 1.29 is 17.5 Å². The fraction of sp³-hybridized carbons (Fsp3) is 0.571. The van der Waals surface area contributed by atoms with Gasteiger partial charge in [0.25, 0.3) is 0 Å². The molecule has 4 nitrogen and oxygen atoms in total. The van der Waals surface area contributed by atoms with Crippen molar-refractivity contribution in [1.82, 2.24) is 5.32 Å². The number of hydrogen-bond acceptors (Lipinski definition) is 4. The molecule has 0 amide bonds. The Morgan fingerprint density at radius 2 is 2.05 bits per heavy atom. The van der Waals surface area contributed by atoms with E-state index in [1.807, 2.05) is 13.8 Å². The van der Waals surface area contributed by atoms with E-state index in [0.717, 1.165) is 5.56 Å². The molecule has 6 heteroatoms. The number of nitrogens with one attached hydrogen (secondary N) is 1. The first-order chi connectivity index (χ1) is 9.34. The van der Waals surface area contributed by atoms with Gasteiger partial charge in [-0.05, 0) is 17.7 Å². The summed E-state index contributed by atoms with van der Waals surface area (Å²) in [7, 11) is -3.09. The van der Waals surface area contributed by atoms with Crippen LogP contribution in [0, 0.1) is 5.82 Å². The quantitative estimate of drug-likeness (QED) is 0.799. The molecule has 0 unspecified atom stereocenters. The van der Waals surface area contributed by atoms with Gasteiger partial charge in [0.15, 0.2) is 21.4 Å². The third-order valence-corrected chi connectivity index (χ3v) is 4.47. The number of sulfone groups is 1. The van der Waals surface area contributed by atoms with Crippen molar-refractivity contribution in [3.8, 4) is 5.75 Å². The molecule has 0 saturated carbocycles. The SMILES string of the molecule is CCS(=O)(=O)CCOc1ccc(CNC(C)C)cc1F. The number of halogens is 1. The van der Waals surface area contributed by atoms with Crippen LogP contribution in [0.1, 0.15) is 26.3 Å². The van der Waals surface area contributed by atoms with Gasteiger partial charge in [0.1, 0.15) is 6.61 Å². The Morgan fingerprint density at radius 3 is 2.60 bits per heavy atom. The predicted octanol–water partition coefficient (Wildman–Crippen LogP) is 2.14. The van der Waals surface area contributed by atoms with Crippen LogP contribution in [0.4, 0.5) is 4.39 Å². The summed E-state index contributed by atoms with van der Waals surface area (Å²) in [6.07, 6.45) is 0. The minimum absolute atomic E-state index is 0.0311. The van der Waals surface area contributed by atoms with E-state index >= 15 is 0 Å². The molecule has 1 N–H and O–H groups in total. The van der Waals surface area contributed by atoms with E-state index < -0.39 is 15.7 Å². The van der Waals surface area contributed by atoms with Gasteiger partial charge < -0.3 is 10.1 Å². The number of ether oxygens (including phenoxy) is 1. The molecule has 0 radical (unpaired) electrons. The molecule has 0 spiro atoms. The summed E-state index contributed by atoms with van der Waals surface area (Å²) in [4.78, 5) is 0. The highest BCUT2D eigenvalue weighted by Crippen LogP contribution is 2.18. The molecule has 0 saturated heterocycles. The molecule has 1 aromatic carbocycles. The second kappa shape index (κ2) is 7.59. The Balaban J connectivity index is 2.56. The smallest absolute Gasteiger partial charge is 0.165 e. The first-order valence-electron chi connectivity index (χ1n) is 6.69. The third-order valence-electron chi connectivity index (χ3n) is 2.80. The first-order valence-corrected chi connectivity index (χ1v) is 8.51. The lowest BCUT2D eigenvalue weighted by Gasteiger charge is -2.11. The van der Waals surface area contributed by atoms with E-state index in [2.05, 4.69) is 5.32 Å². The summed E-state index contributed by atoms with van der Waals surface area (Å²) >= 11 is 0. The molecule has 0 bridgehead atoms. The normalized spacial score (nSPS) is 11.8. The van der Waals surface area contributed by atoms with Gasteiger partial charge in [0.05, 0.1) is 5.75 Å². The van der Waals surface area contributed by atoms with E-state index in [-0.39, 0.29) is 23.9 Å². The summed E-state index contributed by atoms with van der Waals surface area (Å²) < 4.78 is 41.5. The second-order valence-corrected chi connectivity index (χ2v) is 7.36. The lowest BCUT2D eigenvalue weighted by atomic mass is 10.2. The van der Waals surface area contributed by atoms with Crippen LogP contribution in [0.2, 0.25) is 0 Å². The summed E-state index contributed by atoms with van der Waals surface area (Å²) in [6.45, 7) is 6.16. The lowest BCUT2D eigenvalue weighted by molar-refractivity contribution is 0.322. The molecule has 20 heavy (non-hydrogen) atoms. The van der Waals surface area contributed by atoms with E-state index in [4.69, 9.17) is 4.74 Å². The standard InChI is InChI=1S/C14H22FNO3S/c1-4-20(17,18)8-7-19-14-6-5-12(9-13(14)15)10-16-11(2)3/h5-6,9,11,16H,4,7-8,10H2,1-3H3. The summed E-state index contributed by atoms with van der Waals surface area (Å²) in [5.74, 6) is -0.412. The number of benzene rings is 1. The van der Waals surface area contributed by atoms with Crippen molar-refractivity contribution in [2.24, 2.45) is 0 Å². The van der Waals surface area contributed by atoms with Gasteiger partial charge in [-0.2, -0.15) is 0 Å². The van der Waals surface area contributed by atoms with Gasteiger partial charge in [-0.15, -0.1) is 0 Å². The molecule has 114 valence electrons. The minimum Gasteiger partial charge on any atom is -0.489 e. The van der Waals surface area contributed by atoms with Gasteiger partial charge in [-0.3, -0.25) is 0 Å². The Hall–Kier alpha value is -1.14. The van der Waals surface area contributed by atoms with Crippen LogP contribution in [0.25, 0.3) is 0 Å². The van der Waals surface area contributed by atoms with E-state index in [0.29, 0.717) is 12.6 Å². The van der Waals surface area contributed by atoms with Crippen LogP contribution in [-0.4, -0.2) is 32.6 Å². The van der Waals surface area contributed by atoms with E-state index in [9.17, 15) is 12.8 Å². The lowest BCUT2D eigenvalue weighted by Crippen LogP contribution is -2.21. The zero-order valence-corrected chi connectivity index (χ0v) is 13.0. The van der Waals surface area contributed by atoms with Crippen LogP contribution in [0.5, 0.6) is 5.75 Å². The van der Waals surface area contributed by atoms with Crippen molar-refractivity contribution in [3.05, 3.63) is 29.6 Å². The Bertz CT molecular complexity index is 529. The van der Waals surface area contributed by atoms with E-state index in [1.165, 1.54) is 12.1 Å². The van der Waals surface area contributed by atoms with Crippen molar-refractivity contribution in [3.63, 3.8) is 0 Å². The molecule has 0 atom stereocenters. The summed E-state index contributed by atoms with van der Waals surface area (Å²) in [6, 6.07) is 5.03. The van der Waals surface area contributed by atoms with E-state index in [1.54, 1.807) is 13.0 Å². The molecule has 0 aliphatic carbocycles. The number of hydrogen-bond donors (Lipinski definition) is 1. The van der Waals surface area contributed by atoms with Crippen molar-refractivity contribution in [2.45, 2.75) is 33.4 Å². The fourth-order valence-corrected chi connectivity index (χ4v) is 2.14. The topological polar surface area (TPSA) is 55.4 Å². The average Bonchev–Trinajstić information content (AvgIpc) is 2.38. The van der Waals surface area contributed by atoms with Crippen molar-refractivity contribution >= 4 is 9.84 Å². The Kier molecular flexibility index (Phi) is 6.42. The predicted molar refractivity (Wildman–Crippen MR) is 78.2 cm³/mol. The maximum absolute atomic E-state index is 13.8. The molecule has 0 aliphatic heterocycles. The first kappa shape index (κ1) is 16.9. The molecule has 1 rings (SSSR count).